The van der Waals surface area contributed by atoms with Crippen LogP contribution in [0.4, 0.5) is 11.4 Å². The van der Waals surface area contributed by atoms with Gasteiger partial charge in [0.25, 0.3) is 11.6 Å². The second-order valence-electron chi connectivity index (χ2n) is 4.31. The van der Waals surface area contributed by atoms with Gasteiger partial charge in [0.1, 0.15) is 0 Å². The predicted molar refractivity (Wildman–Crippen MR) is 86.0 cm³/mol. The van der Waals surface area contributed by atoms with E-state index in [4.69, 9.17) is 4.74 Å². The molecule has 8 heteroatoms. The van der Waals surface area contributed by atoms with Crippen LogP contribution in [0, 0.1) is 10.1 Å². The van der Waals surface area contributed by atoms with Crippen molar-refractivity contribution in [1.82, 2.24) is 0 Å². The average Bonchev–Trinajstić information content (AvgIpc) is 3.05. The summed E-state index contributed by atoms with van der Waals surface area (Å²) >= 11 is 1.47. The first-order chi connectivity index (χ1) is 11.0. The Morgan fingerprint density at radius 2 is 2.00 bits per heavy atom. The Kier molecular flexibility index (Phi) is 5.59. The van der Waals surface area contributed by atoms with Crippen LogP contribution in [0.3, 0.4) is 0 Å². The lowest BCUT2D eigenvalue weighted by Gasteiger charge is -2.05. The Labute approximate surface area is 135 Å². The number of nitro groups is 1. The number of nitrogens with one attached hydrogen (secondary N) is 1. The SMILES string of the molecule is O=C(COC(=O)/C=C/c1cccs1)Nc1ccc([N+](=O)[O-])cc1. The van der Waals surface area contributed by atoms with Gasteiger partial charge in [0, 0.05) is 28.8 Å². The second kappa shape index (κ2) is 7.85. The number of ether oxygens (including phenoxy) is 1. The van der Waals surface area contributed by atoms with Gasteiger partial charge in [0.2, 0.25) is 0 Å². The third kappa shape index (κ3) is 5.36. The molecule has 0 unspecified atom stereocenters. The maximum absolute atomic E-state index is 11.6. The first-order valence-corrected chi connectivity index (χ1v) is 7.35. The molecule has 0 aliphatic rings. The topological polar surface area (TPSA) is 98.5 Å². The van der Waals surface area contributed by atoms with E-state index in [0.29, 0.717) is 5.69 Å². The van der Waals surface area contributed by atoms with Crippen molar-refractivity contribution < 1.29 is 19.2 Å². The van der Waals surface area contributed by atoms with Crippen LogP contribution >= 0.6 is 11.3 Å². The van der Waals surface area contributed by atoms with Gasteiger partial charge < -0.3 is 10.1 Å². The molecule has 1 aromatic carbocycles. The minimum Gasteiger partial charge on any atom is -0.452 e. The summed E-state index contributed by atoms with van der Waals surface area (Å²) in [5.74, 6) is -1.16. The zero-order chi connectivity index (χ0) is 16.7. The molecule has 2 rings (SSSR count). The number of rotatable bonds is 6. The third-order valence-electron chi connectivity index (χ3n) is 2.63. The standard InChI is InChI=1S/C15H12N2O5S/c18-14(16-11-3-5-12(6-4-11)17(20)21)10-22-15(19)8-7-13-2-1-9-23-13/h1-9H,10H2,(H,16,18)/b8-7+. The Hall–Kier alpha value is -3.00. The normalized spacial score (nSPS) is 10.4. The predicted octanol–water partition coefficient (Wildman–Crippen LogP) is 2.85. The van der Waals surface area contributed by atoms with E-state index in [0.717, 1.165) is 4.88 Å². The number of nitrogens with zero attached hydrogens (tertiary/aromatic N) is 1. The number of benzene rings is 1. The molecule has 7 nitrogen and oxygen atoms in total. The van der Waals surface area contributed by atoms with E-state index < -0.39 is 23.4 Å². The lowest BCUT2D eigenvalue weighted by atomic mass is 10.3. The molecule has 1 aromatic heterocycles. The number of esters is 1. The fourth-order valence-electron chi connectivity index (χ4n) is 1.58. The highest BCUT2D eigenvalue weighted by Gasteiger charge is 2.08. The number of carbonyl (C=O) groups is 2. The van der Waals surface area contributed by atoms with Gasteiger partial charge in [-0.2, -0.15) is 0 Å². The quantitative estimate of drug-likeness (QED) is 0.379. The fraction of sp³-hybridized carbons (Fsp3) is 0.0667. The molecule has 0 saturated carbocycles. The molecular weight excluding hydrogens is 320 g/mol. The van der Waals surface area contributed by atoms with E-state index in [1.54, 1.807) is 6.08 Å². The van der Waals surface area contributed by atoms with Crippen LogP contribution in [0.1, 0.15) is 4.88 Å². The largest absolute Gasteiger partial charge is 0.452 e. The molecule has 0 fully saturated rings. The van der Waals surface area contributed by atoms with Gasteiger partial charge >= 0.3 is 5.97 Å². The molecule has 23 heavy (non-hydrogen) atoms. The summed E-state index contributed by atoms with van der Waals surface area (Å²) in [5, 5.41) is 14.9. The van der Waals surface area contributed by atoms with E-state index in [1.807, 2.05) is 17.5 Å². The summed E-state index contributed by atoms with van der Waals surface area (Å²) in [7, 11) is 0. The van der Waals surface area contributed by atoms with Crippen molar-refractivity contribution in [3.8, 4) is 0 Å². The minimum atomic E-state index is -0.628. The van der Waals surface area contributed by atoms with Crippen molar-refractivity contribution in [2.75, 3.05) is 11.9 Å². The van der Waals surface area contributed by atoms with Crippen LogP contribution in [0.15, 0.2) is 47.9 Å². The smallest absolute Gasteiger partial charge is 0.331 e. The van der Waals surface area contributed by atoms with Crippen molar-refractivity contribution in [2.45, 2.75) is 0 Å². The van der Waals surface area contributed by atoms with Crippen molar-refractivity contribution in [2.24, 2.45) is 0 Å². The molecule has 0 atom stereocenters. The average molecular weight is 332 g/mol. The number of carbonyl (C=O) groups excluding carboxylic acids is 2. The molecular formula is C15H12N2O5S. The van der Waals surface area contributed by atoms with E-state index >= 15 is 0 Å². The number of nitro benzene ring substituents is 1. The van der Waals surface area contributed by atoms with Crippen LogP contribution in [-0.4, -0.2) is 23.4 Å². The van der Waals surface area contributed by atoms with Gasteiger partial charge in [-0.05, 0) is 29.7 Å². The molecule has 1 amide bonds. The van der Waals surface area contributed by atoms with Crippen LogP contribution in [0.5, 0.6) is 0 Å². The molecule has 1 N–H and O–H groups in total. The monoisotopic (exact) mass is 332 g/mol. The highest BCUT2D eigenvalue weighted by atomic mass is 32.1. The van der Waals surface area contributed by atoms with Crippen LogP contribution in [-0.2, 0) is 14.3 Å². The summed E-state index contributed by atoms with van der Waals surface area (Å²) in [6, 6.07) is 9.03. The van der Waals surface area contributed by atoms with Gasteiger partial charge in [-0.15, -0.1) is 11.3 Å². The number of hydrogen-bond donors (Lipinski definition) is 1. The lowest BCUT2D eigenvalue weighted by molar-refractivity contribution is -0.384. The molecule has 0 bridgehead atoms. The number of anilines is 1. The Morgan fingerprint density at radius 1 is 1.26 bits per heavy atom. The van der Waals surface area contributed by atoms with Crippen molar-refractivity contribution in [3.63, 3.8) is 0 Å². The Balaban J connectivity index is 1.78. The van der Waals surface area contributed by atoms with Crippen LogP contribution < -0.4 is 5.32 Å². The first-order valence-electron chi connectivity index (χ1n) is 6.47. The van der Waals surface area contributed by atoms with Gasteiger partial charge in [-0.25, -0.2) is 4.79 Å². The van der Waals surface area contributed by atoms with Gasteiger partial charge in [-0.3, -0.25) is 14.9 Å². The molecule has 1 heterocycles. The van der Waals surface area contributed by atoms with E-state index in [9.17, 15) is 19.7 Å². The fourth-order valence-corrected chi connectivity index (χ4v) is 2.20. The zero-order valence-corrected chi connectivity index (χ0v) is 12.6. The van der Waals surface area contributed by atoms with Gasteiger partial charge in [-0.1, -0.05) is 6.07 Å². The maximum atomic E-state index is 11.6. The molecule has 0 aliphatic heterocycles. The molecule has 0 spiro atoms. The summed E-state index contributed by atoms with van der Waals surface area (Å²) in [4.78, 5) is 34.0. The highest BCUT2D eigenvalue weighted by Crippen LogP contribution is 2.15. The van der Waals surface area contributed by atoms with Gasteiger partial charge in [0.15, 0.2) is 6.61 Å². The number of hydrogen-bond acceptors (Lipinski definition) is 6. The van der Waals surface area contributed by atoms with E-state index in [-0.39, 0.29) is 5.69 Å². The highest BCUT2D eigenvalue weighted by molar-refractivity contribution is 7.10. The number of non-ortho nitro benzene ring substituents is 1. The van der Waals surface area contributed by atoms with E-state index in [2.05, 4.69) is 5.32 Å². The van der Waals surface area contributed by atoms with Gasteiger partial charge in [0.05, 0.1) is 4.92 Å². The summed E-state index contributed by atoms with van der Waals surface area (Å²) in [6.07, 6.45) is 2.84. The molecule has 2 aromatic rings. The lowest BCUT2D eigenvalue weighted by Crippen LogP contribution is -2.20. The summed E-state index contributed by atoms with van der Waals surface area (Å²) in [6.45, 7) is -0.440. The maximum Gasteiger partial charge on any atom is 0.331 e. The molecule has 0 saturated heterocycles. The number of amides is 1. The molecule has 0 radical (unpaired) electrons. The number of thiophene rings is 1. The first kappa shape index (κ1) is 16.4. The van der Waals surface area contributed by atoms with E-state index in [1.165, 1.54) is 41.7 Å². The third-order valence-corrected chi connectivity index (χ3v) is 3.47. The van der Waals surface area contributed by atoms with Crippen molar-refractivity contribution >= 4 is 40.7 Å². The second-order valence-corrected chi connectivity index (χ2v) is 5.29. The Bertz CT molecular complexity index is 723. The zero-order valence-electron chi connectivity index (χ0n) is 11.8. The molecule has 0 aliphatic carbocycles. The Morgan fingerprint density at radius 3 is 2.61 bits per heavy atom. The van der Waals surface area contributed by atoms with Crippen molar-refractivity contribution in [3.05, 3.63) is 62.8 Å². The summed E-state index contributed by atoms with van der Waals surface area (Å²) < 4.78 is 4.79. The van der Waals surface area contributed by atoms with Crippen LogP contribution in [0.25, 0.3) is 6.08 Å². The van der Waals surface area contributed by atoms with Crippen molar-refractivity contribution in [1.29, 1.82) is 0 Å². The molecule has 118 valence electrons. The minimum absolute atomic E-state index is 0.0758. The summed E-state index contributed by atoms with van der Waals surface area (Å²) in [5.41, 5.74) is 0.305. The van der Waals surface area contributed by atoms with Crippen LogP contribution in [0.2, 0.25) is 0 Å².